The van der Waals surface area contributed by atoms with Gasteiger partial charge in [0.15, 0.2) is 0 Å². The van der Waals surface area contributed by atoms with E-state index in [9.17, 15) is 4.79 Å². The highest BCUT2D eigenvalue weighted by molar-refractivity contribution is 8.00. The molecule has 0 aromatic rings. The Morgan fingerprint density at radius 2 is 1.94 bits per heavy atom. The Morgan fingerprint density at radius 3 is 2.62 bits per heavy atom. The standard InChI is InChI=1S/C11H23NO2S2/c1-2-3-7-16-10-11(14)12-5-9-15-8-4-6-13/h13H,2-10H2,1H3,(H,12,14). The van der Waals surface area contributed by atoms with Gasteiger partial charge in [0.1, 0.15) is 0 Å². The molecule has 0 heterocycles. The van der Waals surface area contributed by atoms with E-state index in [0.29, 0.717) is 5.75 Å². The van der Waals surface area contributed by atoms with Gasteiger partial charge in [0.2, 0.25) is 5.91 Å². The molecule has 0 saturated carbocycles. The van der Waals surface area contributed by atoms with Crippen LogP contribution in [0.25, 0.3) is 0 Å². The molecule has 0 atom stereocenters. The third-order valence-electron chi connectivity index (χ3n) is 1.89. The molecule has 96 valence electrons. The Balaban J connectivity index is 3.11. The fourth-order valence-electron chi connectivity index (χ4n) is 0.994. The second kappa shape index (κ2) is 13.2. The molecule has 16 heavy (non-hydrogen) atoms. The first kappa shape index (κ1) is 16.1. The number of hydrogen-bond donors (Lipinski definition) is 2. The quantitative estimate of drug-likeness (QED) is 0.559. The zero-order valence-electron chi connectivity index (χ0n) is 10.0. The third kappa shape index (κ3) is 12.2. The Hall–Kier alpha value is 0.130. The summed E-state index contributed by atoms with van der Waals surface area (Å²) in [6, 6.07) is 0. The molecule has 0 bridgehead atoms. The zero-order valence-corrected chi connectivity index (χ0v) is 11.7. The van der Waals surface area contributed by atoms with Crippen molar-refractivity contribution in [2.45, 2.75) is 26.2 Å². The van der Waals surface area contributed by atoms with E-state index >= 15 is 0 Å². The van der Waals surface area contributed by atoms with Crippen LogP contribution < -0.4 is 5.32 Å². The van der Waals surface area contributed by atoms with Crippen molar-refractivity contribution in [1.82, 2.24) is 5.32 Å². The number of amides is 1. The van der Waals surface area contributed by atoms with Gasteiger partial charge in [0.05, 0.1) is 5.75 Å². The van der Waals surface area contributed by atoms with E-state index in [1.54, 1.807) is 23.5 Å². The van der Waals surface area contributed by atoms with Gasteiger partial charge in [-0.3, -0.25) is 4.79 Å². The molecular weight excluding hydrogens is 242 g/mol. The van der Waals surface area contributed by atoms with Gasteiger partial charge >= 0.3 is 0 Å². The first-order chi connectivity index (χ1) is 7.81. The number of nitrogens with one attached hydrogen (secondary N) is 1. The van der Waals surface area contributed by atoms with Crippen molar-refractivity contribution in [3.05, 3.63) is 0 Å². The lowest BCUT2D eigenvalue weighted by molar-refractivity contribution is -0.118. The second-order valence-corrected chi connectivity index (χ2v) is 5.78. The maximum atomic E-state index is 11.3. The summed E-state index contributed by atoms with van der Waals surface area (Å²) in [5.74, 6) is 3.71. The number of carbonyl (C=O) groups is 1. The van der Waals surface area contributed by atoms with Gasteiger partial charge in [-0.05, 0) is 24.3 Å². The predicted molar refractivity (Wildman–Crippen MR) is 74.3 cm³/mol. The number of aliphatic hydroxyl groups excluding tert-OH is 1. The second-order valence-electron chi connectivity index (χ2n) is 3.45. The number of thioether (sulfide) groups is 2. The molecule has 1 amide bonds. The van der Waals surface area contributed by atoms with Crippen molar-refractivity contribution in [3.8, 4) is 0 Å². The summed E-state index contributed by atoms with van der Waals surface area (Å²) < 4.78 is 0. The molecule has 2 N–H and O–H groups in total. The molecule has 0 rings (SSSR count). The summed E-state index contributed by atoms with van der Waals surface area (Å²) >= 11 is 3.48. The van der Waals surface area contributed by atoms with E-state index in [0.717, 1.165) is 30.2 Å². The molecular formula is C11H23NO2S2. The molecule has 0 saturated heterocycles. The highest BCUT2D eigenvalue weighted by Crippen LogP contribution is 2.04. The van der Waals surface area contributed by atoms with Crippen LogP contribution in [0.2, 0.25) is 0 Å². The SMILES string of the molecule is CCCCSCC(=O)NCCSCCCO. The van der Waals surface area contributed by atoms with Gasteiger partial charge in [-0.2, -0.15) is 23.5 Å². The maximum Gasteiger partial charge on any atom is 0.230 e. The fraction of sp³-hybridized carbons (Fsp3) is 0.909. The van der Waals surface area contributed by atoms with Crippen molar-refractivity contribution in [2.24, 2.45) is 0 Å². The van der Waals surface area contributed by atoms with Gasteiger partial charge in [-0.1, -0.05) is 13.3 Å². The van der Waals surface area contributed by atoms with Crippen LogP contribution in [0.15, 0.2) is 0 Å². The van der Waals surface area contributed by atoms with Gasteiger partial charge < -0.3 is 10.4 Å². The number of rotatable bonds is 11. The summed E-state index contributed by atoms with van der Waals surface area (Å²) in [6.45, 7) is 3.15. The van der Waals surface area contributed by atoms with Crippen LogP contribution in [0, 0.1) is 0 Å². The van der Waals surface area contributed by atoms with E-state index in [4.69, 9.17) is 5.11 Å². The molecule has 0 fully saturated rings. The molecule has 0 radical (unpaired) electrons. The minimum Gasteiger partial charge on any atom is -0.396 e. The topological polar surface area (TPSA) is 49.3 Å². The van der Waals surface area contributed by atoms with E-state index in [1.165, 1.54) is 12.8 Å². The summed E-state index contributed by atoms with van der Waals surface area (Å²) in [5.41, 5.74) is 0. The number of unbranched alkanes of at least 4 members (excludes halogenated alkanes) is 1. The van der Waals surface area contributed by atoms with Crippen molar-refractivity contribution in [1.29, 1.82) is 0 Å². The van der Waals surface area contributed by atoms with E-state index in [-0.39, 0.29) is 12.5 Å². The van der Waals surface area contributed by atoms with Crippen LogP contribution in [0.4, 0.5) is 0 Å². The first-order valence-electron chi connectivity index (χ1n) is 5.84. The molecule has 0 aromatic heterocycles. The lowest BCUT2D eigenvalue weighted by Crippen LogP contribution is -2.27. The molecule has 0 aliphatic heterocycles. The lowest BCUT2D eigenvalue weighted by atomic mass is 10.4. The highest BCUT2D eigenvalue weighted by atomic mass is 32.2. The number of hydrogen-bond acceptors (Lipinski definition) is 4. The van der Waals surface area contributed by atoms with E-state index in [2.05, 4.69) is 12.2 Å². The fourth-order valence-corrected chi connectivity index (χ4v) is 2.70. The van der Waals surface area contributed by atoms with Crippen LogP contribution in [-0.4, -0.2) is 47.2 Å². The molecule has 0 spiro atoms. The van der Waals surface area contributed by atoms with Crippen molar-refractivity contribution >= 4 is 29.4 Å². The first-order valence-corrected chi connectivity index (χ1v) is 8.15. The Kier molecular flexibility index (Phi) is 13.3. The monoisotopic (exact) mass is 265 g/mol. The number of aliphatic hydroxyl groups is 1. The van der Waals surface area contributed by atoms with Gasteiger partial charge in [0, 0.05) is 18.9 Å². The van der Waals surface area contributed by atoms with Crippen LogP contribution >= 0.6 is 23.5 Å². The highest BCUT2D eigenvalue weighted by Gasteiger charge is 1.99. The average Bonchev–Trinajstić information content (AvgIpc) is 2.29. The summed E-state index contributed by atoms with van der Waals surface area (Å²) in [5, 5.41) is 11.5. The smallest absolute Gasteiger partial charge is 0.230 e. The van der Waals surface area contributed by atoms with Gasteiger partial charge in [-0.15, -0.1) is 0 Å². The summed E-state index contributed by atoms with van der Waals surface area (Å²) in [4.78, 5) is 11.3. The minimum atomic E-state index is 0.142. The van der Waals surface area contributed by atoms with Crippen LogP contribution in [0.5, 0.6) is 0 Å². The largest absolute Gasteiger partial charge is 0.396 e. The van der Waals surface area contributed by atoms with Crippen molar-refractivity contribution in [2.75, 3.05) is 36.2 Å². The van der Waals surface area contributed by atoms with Crippen LogP contribution in [0.3, 0.4) is 0 Å². The molecule has 0 aliphatic carbocycles. The Morgan fingerprint density at radius 1 is 1.19 bits per heavy atom. The lowest BCUT2D eigenvalue weighted by Gasteiger charge is -2.04. The van der Waals surface area contributed by atoms with Crippen LogP contribution in [0.1, 0.15) is 26.2 Å². The summed E-state index contributed by atoms with van der Waals surface area (Å²) in [6.07, 6.45) is 3.22. The number of carbonyl (C=O) groups excluding carboxylic acids is 1. The zero-order chi connectivity index (χ0) is 12.1. The molecule has 3 nitrogen and oxygen atoms in total. The molecule has 5 heteroatoms. The minimum absolute atomic E-state index is 0.142. The van der Waals surface area contributed by atoms with Gasteiger partial charge in [-0.25, -0.2) is 0 Å². The van der Waals surface area contributed by atoms with Crippen molar-refractivity contribution in [3.63, 3.8) is 0 Å². The predicted octanol–water partition coefficient (Wildman–Crippen LogP) is 1.75. The Bertz CT molecular complexity index is 168. The Labute approximate surface area is 107 Å². The van der Waals surface area contributed by atoms with Crippen LogP contribution in [-0.2, 0) is 4.79 Å². The summed E-state index contributed by atoms with van der Waals surface area (Å²) in [7, 11) is 0. The molecule has 0 aliphatic rings. The van der Waals surface area contributed by atoms with E-state index in [1.807, 2.05) is 0 Å². The average molecular weight is 265 g/mol. The normalized spacial score (nSPS) is 10.4. The third-order valence-corrected chi connectivity index (χ3v) is 4.00. The van der Waals surface area contributed by atoms with Crippen molar-refractivity contribution < 1.29 is 9.90 Å². The van der Waals surface area contributed by atoms with E-state index < -0.39 is 0 Å². The molecule has 0 aromatic carbocycles. The maximum absolute atomic E-state index is 11.3. The van der Waals surface area contributed by atoms with Gasteiger partial charge in [0.25, 0.3) is 0 Å². The molecule has 0 unspecified atom stereocenters.